The van der Waals surface area contributed by atoms with Crippen LogP contribution in [0.4, 0.5) is 0 Å². The molecule has 1 heterocycles. The van der Waals surface area contributed by atoms with Crippen LogP contribution >= 0.6 is 0 Å². The lowest BCUT2D eigenvalue weighted by Crippen LogP contribution is -2.43. The number of aliphatic hydroxyl groups is 3. The first-order chi connectivity index (χ1) is 21.0. The minimum absolute atomic E-state index is 0.113. The molecule has 9 heteroatoms. The Morgan fingerprint density at radius 3 is 2.34 bits per heavy atom. The third kappa shape index (κ3) is 17.4. The Morgan fingerprint density at radius 1 is 0.932 bits per heavy atom. The summed E-state index contributed by atoms with van der Waals surface area (Å²) in [5, 5.41) is 34.1. The van der Waals surface area contributed by atoms with Crippen LogP contribution in [-0.4, -0.2) is 77.7 Å². The van der Waals surface area contributed by atoms with E-state index in [-0.39, 0.29) is 31.2 Å². The molecule has 254 valence electrons. The van der Waals surface area contributed by atoms with Gasteiger partial charge in [-0.3, -0.25) is 14.4 Å². The van der Waals surface area contributed by atoms with Gasteiger partial charge in [0, 0.05) is 32.9 Å². The second-order valence-corrected chi connectivity index (χ2v) is 12.8. The summed E-state index contributed by atoms with van der Waals surface area (Å²) in [6, 6.07) is 0. The molecular formula is C35H61NO8. The second kappa shape index (κ2) is 23.3. The van der Waals surface area contributed by atoms with Crippen molar-refractivity contribution in [2.75, 3.05) is 20.3 Å². The molecule has 0 aromatic heterocycles. The number of amides is 1. The van der Waals surface area contributed by atoms with Gasteiger partial charge in [-0.1, -0.05) is 65.2 Å². The lowest BCUT2D eigenvalue weighted by atomic mass is 9.92. The number of hydrogen-bond acceptors (Lipinski definition) is 8. The number of allylic oxidation sites excluding steroid dienone is 3. The molecule has 0 aromatic rings. The molecule has 0 saturated heterocycles. The van der Waals surface area contributed by atoms with Crippen molar-refractivity contribution < 1.29 is 39.2 Å². The van der Waals surface area contributed by atoms with E-state index in [2.05, 4.69) is 25.2 Å². The highest BCUT2D eigenvalue weighted by Crippen LogP contribution is 2.22. The van der Waals surface area contributed by atoms with Gasteiger partial charge in [0.1, 0.15) is 5.78 Å². The number of aliphatic hydroxyl groups excluding tert-OH is 3. The summed E-state index contributed by atoms with van der Waals surface area (Å²) in [5.74, 6) is -0.318. The SMILES string of the molecule is CCCC1OC(=O)C(C)CC(C)CCCCC(=O)CCCC(CC)/C=C\C=C(\COC)CCC(O)C(O)CC(O)CNC1=O. The summed E-state index contributed by atoms with van der Waals surface area (Å²) < 4.78 is 10.9. The number of carbonyl (C=O) groups is 3. The monoisotopic (exact) mass is 623 g/mol. The van der Waals surface area contributed by atoms with E-state index in [0.29, 0.717) is 56.8 Å². The Morgan fingerprint density at radius 2 is 1.66 bits per heavy atom. The minimum atomic E-state index is -1.17. The largest absolute Gasteiger partial charge is 0.452 e. The lowest BCUT2D eigenvalue weighted by Gasteiger charge is -2.23. The highest BCUT2D eigenvalue weighted by molar-refractivity contribution is 5.84. The van der Waals surface area contributed by atoms with Gasteiger partial charge in [-0.25, -0.2) is 0 Å². The van der Waals surface area contributed by atoms with Crippen LogP contribution in [0.25, 0.3) is 0 Å². The van der Waals surface area contributed by atoms with Crippen LogP contribution in [0, 0.1) is 17.8 Å². The molecule has 1 aliphatic heterocycles. The Bertz CT molecular complexity index is 888. The third-order valence-electron chi connectivity index (χ3n) is 8.49. The molecule has 0 saturated carbocycles. The fourth-order valence-corrected chi connectivity index (χ4v) is 5.63. The van der Waals surface area contributed by atoms with Crippen LogP contribution in [-0.2, 0) is 23.9 Å². The van der Waals surface area contributed by atoms with Gasteiger partial charge in [0.2, 0.25) is 0 Å². The number of ketones is 1. The summed E-state index contributed by atoms with van der Waals surface area (Å²) >= 11 is 0. The fraction of sp³-hybridized carbons (Fsp3) is 0.800. The maximum absolute atomic E-state index is 12.8. The zero-order valence-corrected chi connectivity index (χ0v) is 28.0. The Balaban J connectivity index is 2.96. The fourth-order valence-electron chi connectivity index (χ4n) is 5.63. The van der Waals surface area contributed by atoms with E-state index in [1.54, 1.807) is 7.11 Å². The van der Waals surface area contributed by atoms with Gasteiger partial charge in [-0.05, 0) is 68.8 Å². The van der Waals surface area contributed by atoms with Gasteiger partial charge >= 0.3 is 5.97 Å². The van der Waals surface area contributed by atoms with Crippen LogP contribution in [0.15, 0.2) is 23.8 Å². The van der Waals surface area contributed by atoms with Crippen LogP contribution in [0.5, 0.6) is 0 Å². The molecule has 9 nitrogen and oxygen atoms in total. The van der Waals surface area contributed by atoms with Crippen molar-refractivity contribution in [3.05, 3.63) is 23.8 Å². The molecule has 1 rings (SSSR count). The molecule has 1 amide bonds. The van der Waals surface area contributed by atoms with E-state index in [4.69, 9.17) is 9.47 Å². The number of β-amino-alcohol motifs (C(OH)–C–C–N with tert-alkyl or cyclic N) is 1. The summed E-state index contributed by atoms with van der Waals surface area (Å²) in [6.45, 7) is 8.21. The standard InChI is InChI=1S/C35H61NO8/c1-6-12-33-34(41)36-23-30(38)22-32(40)31(39)20-19-28(24-43-5)16-10-14-27(7-2)15-11-18-29(37)17-9-8-13-25(3)21-26(4)35(42)44-33/h10,14,16,25-27,30-33,38-40H,6-9,11-13,15,17-24H2,1-5H3,(H,36,41)/b14-10-,28-16+. The quantitative estimate of drug-likeness (QED) is 0.306. The molecule has 44 heavy (non-hydrogen) atoms. The van der Waals surface area contributed by atoms with Gasteiger partial charge in [0.15, 0.2) is 6.10 Å². The summed E-state index contributed by atoms with van der Waals surface area (Å²) in [5.41, 5.74) is 0.973. The first kappa shape index (κ1) is 40.0. The normalized spacial score (nSPS) is 32.8. The predicted octanol–water partition coefficient (Wildman–Crippen LogP) is 5.20. The summed E-state index contributed by atoms with van der Waals surface area (Å²) in [4.78, 5) is 38.1. The second-order valence-electron chi connectivity index (χ2n) is 12.8. The van der Waals surface area contributed by atoms with E-state index in [1.165, 1.54) is 0 Å². The average molecular weight is 624 g/mol. The smallest absolute Gasteiger partial charge is 0.309 e. The Hall–Kier alpha value is -2.07. The minimum Gasteiger partial charge on any atom is -0.452 e. The summed E-state index contributed by atoms with van der Waals surface area (Å²) in [7, 11) is 1.61. The molecular weight excluding hydrogens is 562 g/mol. The van der Waals surface area contributed by atoms with E-state index >= 15 is 0 Å². The molecule has 0 radical (unpaired) electrons. The van der Waals surface area contributed by atoms with Crippen molar-refractivity contribution in [3.63, 3.8) is 0 Å². The number of carbonyl (C=O) groups excluding carboxylic acids is 3. The number of cyclic esters (lactones) is 1. The van der Waals surface area contributed by atoms with Crippen LogP contribution in [0.1, 0.15) is 118 Å². The Labute approximate surface area is 265 Å². The van der Waals surface area contributed by atoms with Crippen LogP contribution < -0.4 is 5.32 Å². The molecule has 7 atom stereocenters. The molecule has 1 aliphatic rings. The molecule has 0 aromatic carbocycles. The molecule has 0 fully saturated rings. The number of methoxy groups -OCH3 is 1. The van der Waals surface area contributed by atoms with Crippen molar-refractivity contribution in [2.24, 2.45) is 17.8 Å². The van der Waals surface area contributed by atoms with Crippen molar-refractivity contribution in [3.8, 4) is 0 Å². The third-order valence-corrected chi connectivity index (χ3v) is 8.49. The van der Waals surface area contributed by atoms with Crippen molar-refractivity contribution >= 4 is 17.7 Å². The highest BCUT2D eigenvalue weighted by atomic mass is 16.5. The van der Waals surface area contributed by atoms with Crippen molar-refractivity contribution in [2.45, 2.75) is 142 Å². The zero-order valence-electron chi connectivity index (χ0n) is 28.0. The van der Waals surface area contributed by atoms with Gasteiger partial charge in [0.25, 0.3) is 5.91 Å². The average Bonchev–Trinajstić information content (AvgIpc) is 2.98. The number of ether oxygens (including phenoxy) is 2. The summed E-state index contributed by atoms with van der Waals surface area (Å²) in [6.07, 6.45) is 10.9. The molecule has 0 bridgehead atoms. The highest BCUT2D eigenvalue weighted by Gasteiger charge is 2.27. The van der Waals surface area contributed by atoms with Crippen LogP contribution in [0.3, 0.4) is 0 Å². The number of esters is 1. The first-order valence-electron chi connectivity index (χ1n) is 16.9. The van der Waals surface area contributed by atoms with Gasteiger partial charge in [0.05, 0.1) is 30.8 Å². The van der Waals surface area contributed by atoms with Gasteiger partial charge in [-0.15, -0.1) is 0 Å². The molecule has 7 unspecified atom stereocenters. The molecule has 0 spiro atoms. The maximum atomic E-state index is 12.8. The molecule has 0 aliphatic carbocycles. The maximum Gasteiger partial charge on any atom is 0.309 e. The van der Waals surface area contributed by atoms with Gasteiger partial charge in [-0.2, -0.15) is 0 Å². The first-order valence-corrected chi connectivity index (χ1v) is 16.9. The van der Waals surface area contributed by atoms with Gasteiger partial charge < -0.3 is 30.1 Å². The number of hydrogen-bond donors (Lipinski definition) is 4. The predicted molar refractivity (Wildman–Crippen MR) is 173 cm³/mol. The zero-order chi connectivity index (χ0) is 32.9. The van der Waals surface area contributed by atoms with Crippen molar-refractivity contribution in [1.29, 1.82) is 0 Å². The van der Waals surface area contributed by atoms with E-state index in [1.807, 2.05) is 26.0 Å². The molecule has 4 N–H and O–H groups in total. The van der Waals surface area contributed by atoms with Crippen LogP contribution in [0.2, 0.25) is 0 Å². The van der Waals surface area contributed by atoms with E-state index in [9.17, 15) is 29.7 Å². The number of rotatable bonds is 5. The number of nitrogens with one attached hydrogen (secondary N) is 1. The van der Waals surface area contributed by atoms with E-state index < -0.39 is 36.3 Å². The number of Topliss-reactive ketones (excluding diaryl/α,β-unsaturated/α-hetero) is 1. The lowest BCUT2D eigenvalue weighted by molar-refractivity contribution is -0.160. The topological polar surface area (TPSA) is 142 Å². The van der Waals surface area contributed by atoms with E-state index in [0.717, 1.165) is 44.1 Å². The van der Waals surface area contributed by atoms with Crippen molar-refractivity contribution in [1.82, 2.24) is 5.32 Å². The Kier molecular flexibility index (Phi) is 21.2.